The molecule has 5 heteroatoms. The van der Waals surface area contributed by atoms with E-state index in [-0.39, 0.29) is 5.75 Å². The van der Waals surface area contributed by atoms with Crippen molar-refractivity contribution < 1.29 is 5.11 Å². The number of pyridine rings is 1. The molecule has 0 aliphatic heterocycles. The second-order valence-electron chi connectivity index (χ2n) is 3.60. The zero-order valence-electron chi connectivity index (χ0n) is 8.71. The van der Waals surface area contributed by atoms with Gasteiger partial charge in [0.25, 0.3) is 0 Å². The Bertz CT molecular complexity index is 676. The zero-order valence-corrected chi connectivity index (χ0v) is 10.3. The monoisotopic (exact) mass is 289 g/mol. The minimum atomic E-state index is 0.128. The third-order valence-electron chi connectivity index (χ3n) is 2.44. The maximum atomic E-state index is 9.64. The van der Waals surface area contributed by atoms with Crippen LogP contribution in [0.2, 0.25) is 0 Å². The van der Waals surface area contributed by atoms with Crippen LogP contribution in [0.5, 0.6) is 5.75 Å². The summed E-state index contributed by atoms with van der Waals surface area (Å²) < 4.78 is 2.57. The predicted molar refractivity (Wildman–Crippen MR) is 67.8 cm³/mol. The Balaban J connectivity index is 2.18. The molecule has 0 fully saturated rings. The number of halogens is 1. The summed E-state index contributed by atoms with van der Waals surface area (Å²) in [4.78, 5) is 4.30. The van der Waals surface area contributed by atoms with Crippen LogP contribution in [-0.2, 0) is 0 Å². The lowest BCUT2D eigenvalue weighted by molar-refractivity contribution is 0.477. The summed E-state index contributed by atoms with van der Waals surface area (Å²) in [6, 6.07) is 11.0. The summed E-state index contributed by atoms with van der Waals surface area (Å²) >= 11 is 3.38. The Labute approximate surface area is 106 Å². The topological polar surface area (TPSA) is 50.4 Å². The molecule has 0 amide bonds. The first-order valence-corrected chi connectivity index (χ1v) is 5.83. The van der Waals surface area contributed by atoms with Crippen LogP contribution in [0.3, 0.4) is 0 Å². The van der Waals surface area contributed by atoms with E-state index in [1.165, 1.54) is 0 Å². The molecule has 0 atom stereocenters. The molecule has 0 aliphatic rings. The average molecular weight is 290 g/mol. The molecule has 2 heterocycles. The fourth-order valence-corrected chi connectivity index (χ4v) is 1.88. The van der Waals surface area contributed by atoms with Crippen molar-refractivity contribution >= 4 is 21.6 Å². The molecule has 0 saturated heterocycles. The minimum Gasteiger partial charge on any atom is -0.504 e. The van der Waals surface area contributed by atoms with Crippen LogP contribution < -0.4 is 0 Å². The Morgan fingerprint density at radius 1 is 1.12 bits per heavy atom. The molecule has 4 nitrogen and oxygen atoms in total. The fraction of sp³-hybridized carbons (Fsp3) is 0. The van der Waals surface area contributed by atoms with Crippen LogP contribution >= 0.6 is 15.9 Å². The van der Waals surface area contributed by atoms with Gasteiger partial charge in [-0.15, -0.1) is 5.10 Å². The number of benzene rings is 1. The van der Waals surface area contributed by atoms with Crippen LogP contribution in [0.4, 0.5) is 0 Å². The fourth-order valence-electron chi connectivity index (χ4n) is 1.61. The number of nitrogens with zero attached hydrogens (tertiary/aromatic N) is 3. The Morgan fingerprint density at radius 2 is 1.88 bits per heavy atom. The maximum absolute atomic E-state index is 9.64. The highest BCUT2D eigenvalue weighted by Crippen LogP contribution is 2.22. The van der Waals surface area contributed by atoms with Crippen molar-refractivity contribution in [3.05, 3.63) is 47.1 Å². The summed E-state index contributed by atoms with van der Waals surface area (Å²) in [6.45, 7) is 0. The van der Waals surface area contributed by atoms with Crippen LogP contribution in [0.25, 0.3) is 17.0 Å². The lowest BCUT2D eigenvalue weighted by atomic mass is 10.2. The molecule has 2 aromatic heterocycles. The first kappa shape index (κ1) is 10.3. The molecular weight excluding hydrogens is 282 g/mol. The molecule has 3 aromatic rings. The van der Waals surface area contributed by atoms with Gasteiger partial charge in [-0.3, -0.25) is 0 Å². The normalized spacial score (nSPS) is 10.9. The molecule has 0 aliphatic carbocycles. The molecular formula is C12H8BrN3O. The van der Waals surface area contributed by atoms with Gasteiger partial charge in [0.2, 0.25) is 0 Å². The van der Waals surface area contributed by atoms with Gasteiger partial charge in [0.1, 0.15) is 0 Å². The Kier molecular flexibility index (Phi) is 2.33. The van der Waals surface area contributed by atoms with Crippen LogP contribution in [0.1, 0.15) is 0 Å². The smallest absolute Gasteiger partial charge is 0.198 e. The SMILES string of the molecule is Oc1cccn2nc(-c3ccc(Br)cc3)nc12. The van der Waals surface area contributed by atoms with Crippen LogP contribution in [0.15, 0.2) is 47.1 Å². The van der Waals surface area contributed by atoms with Gasteiger partial charge in [-0.1, -0.05) is 28.1 Å². The van der Waals surface area contributed by atoms with Gasteiger partial charge in [-0.2, -0.15) is 0 Å². The molecule has 0 unspecified atom stereocenters. The average Bonchev–Trinajstić information content (AvgIpc) is 2.75. The highest BCUT2D eigenvalue weighted by molar-refractivity contribution is 9.10. The number of aromatic nitrogens is 3. The van der Waals surface area contributed by atoms with Crippen molar-refractivity contribution in [3.63, 3.8) is 0 Å². The second-order valence-corrected chi connectivity index (χ2v) is 4.52. The zero-order chi connectivity index (χ0) is 11.8. The summed E-state index contributed by atoms with van der Waals surface area (Å²) in [5.41, 5.74) is 1.38. The molecule has 0 spiro atoms. The van der Waals surface area contributed by atoms with E-state index < -0.39 is 0 Å². The lowest BCUT2D eigenvalue weighted by Gasteiger charge is -1.93. The van der Waals surface area contributed by atoms with E-state index in [0.717, 1.165) is 10.0 Å². The molecule has 3 rings (SSSR count). The highest BCUT2D eigenvalue weighted by atomic mass is 79.9. The largest absolute Gasteiger partial charge is 0.504 e. The lowest BCUT2D eigenvalue weighted by Crippen LogP contribution is -1.85. The minimum absolute atomic E-state index is 0.128. The molecule has 84 valence electrons. The van der Waals surface area contributed by atoms with Gasteiger partial charge in [0.15, 0.2) is 17.2 Å². The third kappa shape index (κ3) is 1.78. The summed E-state index contributed by atoms with van der Waals surface area (Å²) in [7, 11) is 0. The van der Waals surface area contributed by atoms with E-state index >= 15 is 0 Å². The molecule has 17 heavy (non-hydrogen) atoms. The van der Waals surface area contributed by atoms with Gasteiger partial charge < -0.3 is 5.11 Å². The van der Waals surface area contributed by atoms with Crippen LogP contribution in [0, 0.1) is 0 Å². The molecule has 0 saturated carbocycles. The van der Waals surface area contributed by atoms with Crippen molar-refractivity contribution in [2.24, 2.45) is 0 Å². The second kappa shape index (κ2) is 3.85. The van der Waals surface area contributed by atoms with Crippen LogP contribution in [-0.4, -0.2) is 19.7 Å². The number of hydrogen-bond donors (Lipinski definition) is 1. The maximum Gasteiger partial charge on any atom is 0.198 e. The summed E-state index contributed by atoms with van der Waals surface area (Å²) in [5, 5.41) is 13.9. The van der Waals surface area contributed by atoms with Gasteiger partial charge >= 0.3 is 0 Å². The first-order chi connectivity index (χ1) is 8.24. The Hall–Kier alpha value is -1.88. The van der Waals surface area contributed by atoms with Crippen molar-refractivity contribution in [2.75, 3.05) is 0 Å². The number of rotatable bonds is 1. The van der Waals surface area contributed by atoms with Crippen molar-refractivity contribution in [3.8, 4) is 17.1 Å². The molecule has 0 radical (unpaired) electrons. The van der Waals surface area contributed by atoms with Gasteiger partial charge in [0, 0.05) is 16.2 Å². The number of fused-ring (bicyclic) bond motifs is 1. The van der Waals surface area contributed by atoms with Crippen molar-refractivity contribution in [2.45, 2.75) is 0 Å². The van der Waals surface area contributed by atoms with Crippen molar-refractivity contribution in [1.29, 1.82) is 0 Å². The van der Waals surface area contributed by atoms with E-state index in [0.29, 0.717) is 11.5 Å². The van der Waals surface area contributed by atoms with E-state index in [2.05, 4.69) is 26.0 Å². The number of hydrogen-bond acceptors (Lipinski definition) is 3. The van der Waals surface area contributed by atoms with Gasteiger partial charge in [-0.25, -0.2) is 9.50 Å². The quantitative estimate of drug-likeness (QED) is 0.749. The van der Waals surface area contributed by atoms with Gasteiger partial charge in [0.05, 0.1) is 0 Å². The summed E-state index contributed by atoms with van der Waals surface area (Å²) in [6.07, 6.45) is 1.75. The first-order valence-electron chi connectivity index (χ1n) is 5.04. The molecule has 1 aromatic carbocycles. The van der Waals surface area contributed by atoms with E-state index in [9.17, 15) is 5.11 Å². The van der Waals surface area contributed by atoms with Gasteiger partial charge in [-0.05, 0) is 24.3 Å². The number of aromatic hydroxyl groups is 1. The highest BCUT2D eigenvalue weighted by Gasteiger charge is 2.08. The van der Waals surface area contributed by atoms with E-state index in [4.69, 9.17) is 0 Å². The Morgan fingerprint density at radius 3 is 2.59 bits per heavy atom. The summed E-state index contributed by atoms with van der Waals surface area (Å²) in [5.74, 6) is 0.724. The molecule has 0 bridgehead atoms. The van der Waals surface area contributed by atoms with E-state index in [1.807, 2.05) is 24.3 Å². The standard InChI is InChI=1S/C12H8BrN3O/c13-9-5-3-8(4-6-9)11-14-12-10(17)2-1-7-16(12)15-11/h1-7,17H. The molecule has 1 N–H and O–H groups in total. The third-order valence-corrected chi connectivity index (χ3v) is 2.97. The predicted octanol–water partition coefficient (Wildman–Crippen LogP) is 2.86. The van der Waals surface area contributed by atoms with E-state index in [1.54, 1.807) is 22.8 Å². The van der Waals surface area contributed by atoms with Crippen molar-refractivity contribution in [1.82, 2.24) is 14.6 Å².